The minimum atomic E-state index is 0.0231. The third-order valence-electron chi connectivity index (χ3n) is 4.25. The fourth-order valence-corrected chi connectivity index (χ4v) is 3.14. The Hall–Kier alpha value is -1.81. The summed E-state index contributed by atoms with van der Waals surface area (Å²) in [6.07, 6.45) is 2.35. The number of aryl methyl sites for hydroxylation is 2. The Labute approximate surface area is 119 Å². The van der Waals surface area contributed by atoms with E-state index in [0.29, 0.717) is 12.6 Å². The molecular weight excluding hydrogens is 250 g/mol. The molecule has 1 aliphatic heterocycles. The van der Waals surface area contributed by atoms with Crippen molar-refractivity contribution in [1.29, 1.82) is 0 Å². The quantitative estimate of drug-likeness (QED) is 0.896. The Balaban J connectivity index is 1.83. The number of rotatable bonds is 3. The number of hydrogen-bond acceptors (Lipinski definition) is 2. The Kier molecular flexibility index (Phi) is 3.49. The number of benzene rings is 1. The van der Waals surface area contributed by atoms with Crippen LogP contribution in [0.3, 0.4) is 0 Å². The molecule has 0 radical (unpaired) electrons. The molecule has 106 valence electrons. The lowest BCUT2D eigenvalue weighted by molar-refractivity contribution is 0.0942. The lowest BCUT2D eigenvalue weighted by Crippen LogP contribution is -2.37. The molecule has 1 saturated heterocycles. The third kappa shape index (κ3) is 2.20. The lowest BCUT2D eigenvalue weighted by Gasteiger charge is -2.12. The summed E-state index contributed by atoms with van der Waals surface area (Å²) in [5, 5.41) is 7.61. The van der Waals surface area contributed by atoms with Crippen LogP contribution < -0.4 is 10.6 Å². The smallest absolute Gasteiger partial charge is 0.268 e. The van der Waals surface area contributed by atoms with Gasteiger partial charge in [0.1, 0.15) is 5.69 Å². The highest BCUT2D eigenvalue weighted by Gasteiger charge is 2.20. The Morgan fingerprint density at radius 1 is 1.45 bits per heavy atom. The zero-order valence-electron chi connectivity index (χ0n) is 12.1. The molecule has 1 amide bonds. The molecule has 0 aliphatic carbocycles. The van der Waals surface area contributed by atoms with E-state index in [1.165, 1.54) is 6.42 Å². The topological polar surface area (TPSA) is 46.1 Å². The van der Waals surface area contributed by atoms with E-state index in [1.807, 2.05) is 30.7 Å². The van der Waals surface area contributed by atoms with E-state index in [9.17, 15) is 4.79 Å². The molecule has 20 heavy (non-hydrogen) atoms. The molecule has 1 aromatic carbocycles. The number of hydrogen-bond donors (Lipinski definition) is 2. The van der Waals surface area contributed by atoms with Crippen LogP contribution in [0.25, 0.3) is 10.9 Å². The van der Waals surface area contributed by atoms with Crippen LogP contribution in [0.5, 0.6) is 0 Å². The number of amides is 1. The molecule has 3 rings (SSSR count). The highest BCUT2D eigenvalue weighted by Crippen LogP contribution is 2.24. The fourth-order valence-electron chi connectivity index (χ4n) is 3.14. The van der Waals surface area contributed by atoms with Gasteiger partial charge < -0.3 is 15.2 Å². The monoisotopic (exact) mass is 271 g/mol. The number of carbonyl (C=O) groups excluding carboxylic acids is 1. The van der Waals surface area contributed by atoms with Crippen LogP contribution in [0.15, 0.2) is 24.3 Å². The van der Waals surface area contributed by atoms with Crippen LogP contribution in [-0.2, 0) is 7.05 Å². The maximum absolute atomic E-state index is 12.5. The van der Waals surface area contributed by atoms with E-state index in [4.69, 9.17) is 0 Å². The number of nitrogens with zero attached hydrogens (tertiary/aromatic N) is 1. The van der Waals surface area contributed by atoms with Crippen molar-refractivity contribution >= 4 is 16.8 Å². The van der Waals surface area contributed by atoms with Crippen molar-refractivity contribution in [3.05, 3.63) is 35.5 Å². The summed E-state index contributed by atoms with van der Waals surface area (Å²) in [6, 6.07) is 8.57. The number of fused-ring (bicyclic) bond motifs is 1. The van der Waals surface area contributed by atoms with Crippen molar-refractivity contribution in [3.8, 4) is 0 Å². The van der Waals surface area contributed by atoms with E-state index in [2.05, 4.69) is 22.8 Å². The van der Waals surface area contributed by atoms with Gasteiger partial charge in [0, 0.05) is 30.5 Å². The first kappa shape index (κ1) is 13.2. The Bertz CT molecular complexity index is 599. The van der Waals surface area contributed by atoms with Crippen molar-refractivity contribution in [2.45, 2.75) is 25.8 Å². The van der Waals surface area contributed by atoms with Crippen LogP contribution in [0.2, 0.25) is 0 Å². The molecule has 2 heterocycles. The molecule has 1 fully saturated rings. The molecule has 0 unspecified atom stereocenters. The largest absolute Gasteiger partial charge is 0.349 e. The van der Waals surface area contributed by atoms with E-state index < -0.39 is 0 Å². The van der Waals surface area contributed by atoms with Crippen LogP contribution in [0, 0.1) is 6.92 Å². The average molecular weight is 271 g/mol. The fraction of sp³-hybridized carbons (Fsp3) is 0.438. The molecule has 0 spiro atoms. The molecule has 0 bridgehead atoms. The summed E-state index contributed by atoms with van der Waals surface area (Å²) in [5.41, 5.74) is 2.93. The second-order valence-corrected chi connectivity index (χ2v) is 5.55. The summed E-state index contributed by atoms with van der Waals surface area (Å²) in [4.78, 5) is 12.5. The minimum absolute atomic E-state index is 0.0231. The van der Waals surface area contributed by atoms with Crippen LogP contribution >= 0.6 is 0 Å². The first-order valence-electron chi connectivity index (χ1n) is 7.24. The highest BCUT2D eigenvalue weighted by atomic mass is 16.1. The zero-order chi connectivity index (χ0) is 14.1. The van der Waals surface area contributed by atoms with Gasteiger partial charge in [0.05, 0.1) is 0 Å². The molecule has 1 aliphatic rings. The number of para-hydroxylation sites is 1. The van der Waals surface area contributed by atoms with Gasteiger partial charge >= 0.3 is 0 Å². The van der Waals surface area contributed by atoms with Gasteiger partial charge in [0.2, 0.25) is 0 Å². The standard InChI is InChI=1S/C16H21N3O/c1-11-13-7-3-4-8-14(13)19(2)15(11)16(20)18-10-12-6-5-9-17-12/h3-4,7-8,12,17H,5-6,9-10H2,1-2H3,(H,18,20)/t12-/m1/s1. The molecule has 2 N–H and O–H groups in total. The van der Waals surface area contributed by atoms with Gasteiger partial charge in [-0.15, -0.1) is 0 Å². The lowest BCUT2D eigenvalue weighted by atomic mass is 10.1. The Morgan fingerprint density at radius 3 is 2.95 bits per heavy atom. The normalized spacial score (nSPS) is 18.6. The van der Waals surface area contributed by atoms with Gasteiger partial charge in [0.25, 0.3) is 5.91 Å². The molecule has 2 aromatic rings. The van der Waals surface area contributed by atoms with Crippen molar-refractivity contribution < 1.29 is 4.79 Å². The first-order valence-corrected chi connectivity index (χ1v) is 7.24. The second kappa shape index (κ2) is 5.29. The van der Waals surface area contributed by atoms with E-state index in [1.54, 1.807) is 0 Å². The summed E-state index contributed by atoms with van der Waals surface area (Å²) < 4.78 is 1.99. The molecule has 0 saturated carbocycles. The predicted molar refractivity (Wildman–Crippen MR) is 81.0 cm³/mol. The maximum atomic E-state index is 12.5. The second-order valence-electron chi connectivity index (χ2n) is 5.55. The minimum Gasteiger partial charge on any atom is -0.349 e. The predicted octanol–water partition coefficient (Wildman–Crippen LogP) is 1.97. The van der Waals surface area contributed by atoms with E-state index in [-0.39, 0.29) is 5.91 Å². The van der Waals surface area contributed by atoms with Gasteiger partial charge in [-0.2, -0.15) is 0 Å². The van der Waals surface area contributed by atoms with Crippen LogP contribution in [-0.4, -0.2) is 29.6 Å². The molecular formula is C16H21N3O. The van der Waals surface area contributed by atoms with Crippen molar-refractivity contribution in [2.75, 3.05) is 13.1 Å². The van der Waals surface area contributed by atoms with Gasteiger partial charge in [-0.1, -0.05) is 18.2 Å². The summed E-state index contributed by atoms with van der Waals surface area (Å²) in [6.45, 7) is 3.79. The van der Waals surface area contributed by atoms with Crippen molar-refractivity contribution in [2.24, 2.45) is 7.05 Å². The summed E-state index contributed by atoms with van der Waals surface area (Å²) >= 11 is 0. The van der Waals surface area contributed by atoms with Crippen molar-refractivity contribution in [1.82, 2.24) is 15.2 Å². The molecule has 1 atom stereocenters. The van der Waals surface area contributed by atoms with Gasteiger partial charge in [-0.25, -0.2) is 0 Å². The number of aromatic nitrogens is 1. The van der Waals surface area contributed by atoms with Crippen molar-refractivity contribution in [3.63, 3.8) is 0 Å². The average Bonchev–Trinajstić information content (AvgIpc) is 3.05. The molecule has 4 heteroatoms. The van der Waals surface area contributed by atoms with Crippen LogP contribution in [0.1, 0.15) is 28.9 Å². The Morgan fingerprint density at radius 2 is 2.25 bits per heavy atom. The first-order chi connectivity index (χ1) is 9.68. The SMILES string of the molecule is Cc1c(C(=O)NC[C@H]2CCCN2)n(C)c2ccccc12. The molecule has 1 aromatic heterocycles. The molecule has 4 nitrogen and oxygen atoms in total. The van der Waals surface area contributed by atoms with Crippen LogP contribution in [0.4, 0.5) is 0 Å². The van der Waals surface area contributed by atoms with Gasteiger partial charge in [0.15, 0.2) is 0 Å². The van der Waals surface area contributed by atoms with Gasteiger partial charge in [-0.05, 0) is 37.9 Å². The van der Waals surface area contributed by atoms with E-state index in [0.717, 1.165) is 35.1 Å². The number of carbonyl (C=O) groups is 1. The zero-order valence-corrected chi connectivity index (χ0v) is 12.1. The van der Waals surface area contributed by atoms with Gasteiger partial charge in [-0.3, -0.25) is 4.79 Å². The summed E-state index contributed by atoms with van der Waals surface area (Å²) in [5.74, 6) is 0.0231. The number of nitrogens with one attached hydrogen (secondary N) is 2. The third-order valence-corrected chi connectivity index (χ3v) is 4.25. The highest BCUT2D eigenvalue weighted by molar-refractivity contribution is 6.01. The van der Waals surface area contributed by atoms with E-state index >= 15 is 0 Å². The summed E-state index contributed by atoms with van der Waals surface area (Å²) in [7, 11) is 1.96. The maximum Gasteiger partial charge on any atom is 0.268 e.